The zero-order chi connectivity index (χ0) is 6.78. The van der Waals surface area contributed by atoms with Gasteiger partial charge in [0, 0.05) is 0 Å². The third-order valence-electron chi connectivity index (χ3n) is 0.144. The molecule has 10 heteroatoms. The molecule has 0 aliphatic rings. The molecule has 54 valence electrons. The summed E-state index contributed by atoms with van der Waals surface area (Å²) in [6, 6.07) is 0. The molecule has 0 radical (unpaired) electrons. The summed E-state index contributed by atoms with van der Waals surface area (Å²) in [6.45, 7) is 0. The van der Waals surface area contributed by atoms with Crippen LogP contribution in [-0.4, -0.2) is 103 Å². The molecule has 0 aromatic carbocycles. The standard InChI is InChI=1S/K.Na.H2O6S2.2H/c;;1-7(2)6-8(3,4)5;;/h;;(H,1,2)(H,3,4,5);;. The summed E-state index contributed by atoms with van der Waals surface area (Å²) in [7, 11) is -4.77. The van der Waals surface area contributed by atoms with Gasteiger partial charge in [-0.1, -0.05) is 0 Å². The van der Waals surface area contributed by atoms with Crippen molar-refractivity contribution in [1.29, 1.82) is 0 Å². The van der Waals surface area contributed by atoms with Gasteiger partial charge in [0.15, 0.2) is 0 Å². The van der Waals surface area contributed by atoms with Gasteiger partial charge in [0.2, 0.25) is 0 Å². The van der Waals surface area contributed by atoms with E-state index in [1.165, 1.54) is 0 Å². The second-order valence-corrected chi connectivity index (χ2v) is 2.55. The average Bonchev–Trinajstić information content (AvgIpc) is 1.21. The third kappa shape index (κ3) is 16.9. The quantitative estimate of drug-likeness (QED) is 0.310. The Bertz CT molecular complexity index is 182. The van der Waals surface area contributed by atoms with Crippen LogP contribution in [0, 0.1) is 0 Å². The first-order chi connectivity index (χ1) is 3.42. The van der Waals surface area contributed by atoms with Crippen molar-refractivity contribution in [3.05, 3.63) is 0 Å². The van der Waals surface area contributed by atoms with Gasteiger partial charge in [-0.25, -0.2) is 0 Å². The van der Waals surface area contributed by atoms with Crippen molar-refractivity contribution in [3.8, 4) is 0 Å². The first-order valence-electron chi connectivity index (χ1n) is 1.20. The Balaban J connectivity index is -0.000000245. The van der Waals surface area contributed by atoms with Crippen LogP contribution in [0.3, 0.4) is 0 Å². The number of rotatable bonds is 2. The minimum absolute atomic E-state index is 0. The van der Waals surface area contributed by atoms with Gasteiger partial charge in [-0.2, -0.15) is 12.6 Å². The second kappa shape index (κ2) is 8.23. The SMILES string of the molecule is O=S(O)OS(=O)(=O)O.[KH].[NaH]. The number of hydrogen-bond acceptors (Lipinski definition) is 4. The van der Waals surface area contributed by atoms with Gasteiger partial charge in [-0.3, -0.25) is 9.11 Å². The summed E-state index contributed by atoms with van der Waals surface area (Å²) in [6.07, 6.45) is 0. The van der Waals surface area contributed by atoms with E-state index in [-0.39, 0.29) is 80.9 Å². The molecule has 0 aromatic rings. The fraction of sp³-hybridized carbons (Fsp3) is 0. The molecule has 0 spiro atoms. The van der Waals surface area contributed by atoms with Crippen LogP contribution in [0.1, 0.15) is 0 Å². The van der Waals surface area contributed by atoms with Crippen molar-refractivity contribution >= 4 is 103 Å². The van der Waals surface area contributed by atoms with Crippen LogP contribution < -0.4 is 0 Å². The van der Waals surface area contributed by atoms with E-state index in [1.54, 1.807) is 0 Å². The molecule has 1 unspecified atom stereocenters. The molecule has 6 nitrogen and oxygen atoms in total. The monoisotopic (exact) mass is 226 g/mol. The Morgan fingerprint density at radius 3 is 1.70 bits per heavy atom. The van der Waals surface area contributed by atoms with E-state index in [0.29, 0.717) is 0 Å². The number of hydrogen-bond donors (Lipinski definition) is 2. The van der Waals surface area contributed by atoms with Crippen LogP contribution in [0.5, 0.6) is 0 Å². The van der Waals surface area contributed by atoms with Crippen molar-refractivity contribution < 1.29 is 25.4 Å². The van der Waals surface area contributed by atoms with Gasteiger partial charge in [-0.15, -0.1) is 3.63 Å². The Morgan fingerprint density at radius 2 is 1.70 bits per heavy atom. The van der Waals surface area contributed by atoms with Crippen LogP contribution in [0.25, 0.3) is 0 Å². The van der Waals surface area contributed by atoms with Crippen LogP contribution in [0.2, 0.25) is 0 Å². The molecule has 0 amide bonds. The van der Waals surface area contributed by atoms with Crippen molar-refractivity contribution in [2.45, 2.75) is 0 Å². The summed E-state index contributed by atoms with van der Waals surface area (Å²) in [5, 5.41) is 0. The molecular formula is H4KNaO6S2. The van der Waals surface area contributed by atoms with Crippen LogP contribution in [0.15, 0.2) is 0 Å². The van der Waals surface area contributed by atoms with E-state index in [0.717, 1.165) is 0 Å². The fourth-order valence-electron chi connectivity index (χ4n) is 0.0736. The van der Waals surface area contributed by atoms with E-state index in [9.17, 15) is 12.6 Å². The van der Waals surface area contributed by atoms with E-state index < -0.39 is 21.8 Å². The minimum atomic E-state index is -4.77. The summed E-state index contributed by atoms with van der Waals surface area (Å²) in [4.78, 5) is 0. The van der Waals surface area contributed by atoms with Crippen molar-refractivity contribution in [3.63, 3.8) is 0 Å². The van der Waals surface area contributed by atoms with Crippen molar-refractivity contribution in [2.75, 3.05) is 0 Å². The summed E-state index contributed by atoms with van der Waals surface area (Å²) in [5.74, 6) is 0. The Hall–Kier alpha value is 2.62. The molecule has 0 heterocycles. The molecule has 0 aromatic heterocycles. The van der Waals surface area contributed by atoms with E-state index in [2.05, 4.69) is 3.63 Å². The van der Waals surface area contributed by atoms with E-state index in [4.69, 9.17) is 9.11 Å². The molecule has 0 saturated heterocycles. The molecule has 0 aliphatic heterocycles. The third-order valence-corrected chi connectivity index (χ3v) is 1.30. The summed E-state index contributed by atoms with van der Waals surface area (Å²) >= 11 is -2.97. The molecule has 10 heavy (non-hydrogen) atoms. The molecular weight excluding hydrogens is 222 g/mol. The van der Waals surface area contributed by atoms with Gasteiger partial charge in [-0.05, 0) is 0 Å². The fourth-order valence-corrected chi connectivity index (χ4v) is 0.662. The van der Waals surface area contributed by atoms with Gasteiger partial charge >= 0.3 is 103 Å². The first kappa shape index (κ1) is 18.4. The van der Waals surface area contributed by atoms with Gasteiger partial charge in [0.05, 0.1) is 0 Å². The van der Waals surface area contributed by atoms with Crippen molar-refractivity contribution in [1.82, 2.24) is 0 Å². The molecule has 0 fully saturated rings. The van der Waals surface area contributed by atoms with Gasteiger partial charge in [0.25, 0.3) is 0 Å². The van der Waals surface area contributed by atoms with Crippen LogP contribution in [-0.2, 0) is 25.4 Å². The maximum absolute atomic E-state index is 9.42. The second-order valence-electron chi connectivity index (χ2n) is 0.713. The Labute approximate surface area is 125 Å². The molecule has 0 saturated carbocycles. The molecule has 2 N–H and O–H groups in total. The molecule has 0 bridgehead atoms. The van der Waals surface area contributed by atoms with Gasteiger partial charge < -0.3 is 0 Å². The topological polar surface area (TPSA) is 101 Å². The average molecular weight is 226 g/mol. The van der Waals surface area contributed by atoms with E-state index in [1.807, 2.05) is 0 Å². The molecule has 0 aliphatic carbocycles. The molecule has 0 rings (SSSR count). The normalized spacial score (nSPS) is 12.6. The van der Waals surface area contributed by atoms with Crippen LogP contribution in [0.4, 0.5) is 0 Å². The summed E-state index contributed by atoms with van der Waals surface area (Å²) < 4.78 is 46.4. The summed E-state index contributed by atoms with van der Waals surface area (Å²) in [5.41, 5.74) is 0. The van der Waals surface area contributed by atoms with Crippen LogP contribution >= 0.6 is 0 Å². The Kier molecular flexibility index (Phi) is 15.1. The maximum atomic E-state index is 9.42. The predicted octanol–water partition coefficient (Wildman–Crippen LogP) is -2.35. The van der Waals surface area contributed by atoms with Gasteiger partial charge in [0.1, 0.15) is 0 Å². The first-order valence-corrected chi connectivity index (χ1v) is 3.60. The Morgan fingerprint density at radius 1 is 1.40 bits per heavy atom. The van der Waals surface area contributed by atoms with Crippen molar-refractivity contribution in [2.24, 2.45) is 0 Å². The zero-order valence-corrected chi connectivity index (χ0v) is 4.98. The predicted molar refractivity (Wildman–Crippen MR) is 37.7 cm³/mol. The zero-order valence-electron chi connectivity index (χ0n) is 3.34. The van der Waals surface area contributed by atoms with E-state index >= 15 is 0 Å². The molecule has 1 atom stereocenters.